The van der Waals surface area contributed by atoms with Crippen LogP contribution in [0.15, 0.2) is 48.5 Å². The molecule has 1 heterocycles. The van der Waals surface area contributed by atoms with E-state index in [1.807, 2.05) is 0 Å². The van der Waals surface area contributed by atoms with Gasteiger partial charge in [0.25, 0.3) is 5.91 Å². The first-order chi connectivity index (χ1) is 13.3. The average Bonchev–Trinajstić information content (AvgIpc) is 2.67. The summed E-state index contributed by atoms with van der Waals surface area (Å²) < 4.78 is 38.4. The van der Waals surface area contributed by atoms with Gasteiger partial charge >= 0.3 is 6.18 Å². The third kappa shape index (κ3) is 4.65. The number of carbonyl (C=O) groups is 2. The fourth-order valence-electron chi connectivity index (χ4n) is 3.17. The number of benzene rings is 2. The molecule has 1 aliphatic rings. The second-order valence-electron chi connectivity index (χ2n) is 6.61. The van der Waals surface area contributed by atoms with Crippen LogP contribution >= 0.6 is 11.6 Å². The minimum Gasteiger partial charge on any atom is -0.339 e. The van der Waals surface area contributed by atoms with Gasteiger partial charge < -0.3 is 10.2 Å². The van der Waals surface area contributed by atoms with Gasteiger partial charge in [0.2, 0.25) is 5.91 Å². The summed E-state index contributed by atoms with van der Waals surface area (Å²) in [7, 11) is 0. The Morgan fingerprint density at radius 3 is 2.36 bits per heavy atom. The van der Waals surface area contributed by atoms with E-state index in [-0.39, 0.29) is 23.4 Å². The number of hydrogen-bond donors (Lipinski definition) is 1. The highest BCUT2D eigenvalue weighted by Crippen LogP contribution is 2.31. The first-order valence-corrected chi connectivity index (χ1v) is 9.15. The fraction of sp³-hybridized carbons (Fsp3) is 0.300. The largest absolute Gasteiger partial charge is 0.416 e. The standard InChI is InChI=1S/C20H18ClF3N2O2/c21-17-7-2-1-6-16(17)19(28)26-10-8-13(9-11-26)18(27)25-15-5-3-4-14(12-15)20(22,23)24/h1-7,12-13H,8-11H2,(H,25,27). The molecule has 3 rings (SSSR count). The summed E-state index contributed by atoms with van der Waals surface area (Å²) in [6.45, 7) is 0.759. The van der Waals surface area contributed by atoms with E-state index in [2.05, 4.69) is 5.32 Å². The summed E-state index contributed by atoms with van der Waals surface area (Å²) in [4.78, 5) is 26.6. The molecule has 2 aromatic rings. The second-order valence-corrected chi connectivity index (χ2v) is 7.02. The maximum absolute atomic E-state index is 12.8. The molecule has 0 unspecified atom stereocenters. The van der Waals surface area contributed by atoms with Crippen LogP contribution in [0.25, 0.3) is 0 Å². The topological polar surface area (TPSA) is 49.4 Å². The van der Waals surface area contributed by atoms with Crippen molar-refractivity contribution in [1.29, 1.82) is 0 Å². The van der Waals surface area contributed by atoms with Crippen molar-refractivity contribution in [2.24, 2.45) is 5.92 Å². The zero-order valence-corrected chi connectivity index (χ0v) is 15.6. The summed E-state index contributed by atoms with van der Waals surface area (Å²) in [6.07, 6.45) is -3.60. The zero-order valence-electron chi connectivity index (χ0n) is 14.8. The number of halogens is 4. The number of carbonyl (C=O) groups excluding carboxylic acids is 2. The Hall–Kier alpha value is -2.54. The van der Waals surface area contributed by atoms with Crippen LogP contribution < -0.4 is 5.32 Å². The van der Waals surface area contributed by atoms with E-state index in [0.29, 0.717) is 36.5 Å². The highest BCUT2D eigenvalue weighted by atomic mass is 35.5. The summed E-state index contributed by atoms with van der Waals surface area (Å²) in [5, 5.41) is 2.92. The maximum Gasteiger partial charge on any atom is 0.416 e. The van der Waals surface area contributed by atoms with Gasteiger partial charge in [-0.2, -0.15) is 13.2 Å². The molecule has 1 aliphatic heterocycles. The van der Waals surface area contributed by atoms with E-state index in [9.17, 15) is 22.8 Å². The first-order valence-electron chi connectivity index (χ1n) is 8.77. The zero-order chi connectivity index (χ0) is 20.3. The average molecular weight is 411 g/mol. The monoisotopic (exact) mass is 410 g/mol. The van der Waals surface area contributed by atoms with Crippen molar-refractivity contribution in [3.8, 4) is 0 Å². The van der Waals surface area contributed by atoms with Gasteiger partial charge in [-0.15, -0.1) is 0 Å². The molecule has 148 valence electrons. The number of nitrogens with one attached hydrogen (secondary N) is 1. The van der Waals surface area contributed by atoms with Crippen molar-refractivity contribution in [3.05, 3.63) is 64.7 Å². The van der Waals surface area contributed by atoms with Crippen LogP contribution in [0, 0.1) is 5.92 Å². The molecule has 28 heavy (non-hydrogen) atoms. The molecule has 0 atom stereocenters. The van der Waals surface area contributed by atoms with Crippen LogP contribution in [0.1, 0.15) is 28.8 Å². The lowest BCUT2D eigenvalue weighted by Gasteiger charge is -2.31. The van der Waals surface area contributed by atoms with E-state index in [4.69, 9.17) is 11.6 Å². The van der Waals surface area contributed by atoms with Gasteiger partial charge in [-0.05, 0) is 43.2 Å². The molecule has 0 spiro atoms. The van der Waals surface area contributed by atoms with Crippen LogP contribution in [0.2, 0.25) is 5.02 Å². The lowest BCUT2D eigenvalue weighted by atomic mass is 9.95. The third-order valence-electron chi connectivity index (χ3n) is 4.71. The fourth-order valence-corrected chi connectivity index (χ4v) is 3.38. The second kappa shape index (κ2) is 8.22. The molecule has 1 saturated heterocycles. The number of rotatable bonds is 3. The number of likely N-dealkylation sites (tertiary alicyclic amines) is 1. The van der Waals surface area contributed by atoms with Gasteiger partial charge in [-0.1, -0.05) is 29.8 Å². The van der Waals surface area contributed by atoms with Gasteiger partial charge in [0.05, 0.1) is 16.1 Å². The Kier molecular flexibility index (Phi) is 5.93. The number of amides is 2. The molecule has 8 heteroatoms. The molecular formula is C20H18ClF3N2O2. The number of alkyl halides is 3. The Balaban J connectivity index is 1.58. The molecule has 0 bridgehead atoms. The van der Waals surface area contributed by atoms with Crippen molar-refractivity contribution < 1.29 is 22.8 Å². The van der Waals surface area contributed by atoms with Crippen LogP contribution in [0.3, 0.4) is 0 Å². The van der Waals surface area contributed by atoms with E-state index in [0.717, 1.165) is 12.1 Å². The molecular weight excluding hydrogens is 393 g/mol. The maximum atomic E-state index is 12.8. The molecule has 0 aliphatic carbocycles. The number of piperidine rings is 1. The SMILES string of the molecule is O=C(Nc1cccc(C(F)(F)F)c1)C1CCN(C(=O)c2ccccc2Cl)CC1. The Bertz CT molecular complexity index is 878. The van der Waals surface area contributed by atoms with Crippen LogP contribution in [-0.4, -0.2) is 29.8 Å². The van der Waals surface area contributed by atoms with Crippen molar-refractivity contribution >= 4 is 29.1 Å². The number of nitrogens with zero attached hydrogens (tertiary/aromatic N) is 1. The van der Waals surface area contributed by atoms with Crippen molar-refractivity contribution in [2.75, 3.05) is 18.4 Å². The Morgan fingerprint density at radius 2 is 1.71 bits per heavy atom. The minimum atomic E-state index is -4.47. The summed E-state index contributed by atoms with van der Waals surface area (Å²) in [5.74, 6) is -0.906. The number of anilines is 1. The molecule has 2 amide bonds. The molecule has 4 nitrogen and oxygen atoms in total. The van der Waals surface area contributed by atoms with E-state index in [1.165, 1.54) is 12.1 Å². The lowest BCUT2D eigenvalue weighted by Crippen LogP contribution is -2.41. The highest BCUT2D eigenvalue weighted by molar-refractivity contribution is 6.33. The van der Waals surface area contributed by atoms with E-state index >= 15 is 0 Å². The van der Waals surface area contributed by atoms with Crippen LogP contribution in [0.4, 0.5) is 18.9 Å². The molecule has 2 aromatic carbocycles. The lowest BCUT2D eigenvalue weighted by molar-refractivity contribution is -0.137. The van der Waals surface area contributed by atoms with Crippen LogP contribution in [-0.2, 0) is 11.0 Å². The van der Waals surface area contributed by atoms with Gasteiger partial charge in [0.15, 0.2) is 0 Å². The van der Waals surface area contributed by atoms with Crippen LogP contribution in [0.5, 0.6) is 0 Å². The third-order valence-corrected chi connectivity index (χ3v) is 5.04. The van der Waals surface area contributed by atoms with Crippen molar-refractivity contribution in [2.45, 2.75) is 19.0 Å². The normalized spacial score (nSPS) is 15.4. The van der Waals surface area contributed by atoms with Crippen molar-refractivity contribution in [3.63, 3.8) is 0 Å². The Labute approximate surface area is 165 Å². The summed E-state index contributed by atoms with van der Waals surface area (Å²) in [6, 6.07) is 11.3. The summed E-state index contributed by atoms with van der Waals surface area (Å²) >= 11 is 6.06. The molecule has 1 fully saturated rings. The quantitative estimate of drug-likeness (QED) is 0.786. The van der Waals surface area contributed by atoms with Crippen molar-refractivity contribution in [1.82, 2.24) is 4.90 Å². The van der Waals surface area contributed by atoms with E-state index in [1.54, 1.807) is 29.2 Å². The smallest absolute Gasteiger partial charge is 0.339 e. The predicted molar refractivity (Wildman–Crippen MR) is 100 cm³/mol. The predicted octanol–water partition coefficient (Wildman–Crippen LogP) is 4.85. The molecule has 0 radical (unpaired) electrons. The molecule has 0 aromatic heterocycles. The first kappa shape index (κ1) is 20.2. The molecule has 1 N–H and O–H groups in total. The van der Waals surface area contributed by atoms with Gasteiger partial charge in [-0.3, -0.25) is 9.59 Å². The number of hydrogen-bond acceptors (Lipinski definition) is 2. The Morgan fingerprint density at radius 1 is 1.04 bits per heavy atom. The minimum absolute atomic E-state index is 0.106. The van der Waals surface area contributed by atoms with E-state index < -0.39 is 11.7 Å². The summed E-state index contributed by atoms with van der Waals surface area (Å²) in [5.41, 5.74) is -0.295. The highest BCUT2D eigenvalue weighted by Gasteiger charge is 2.31. The van der Waals surface area contributed by atoms with Gasteiger partial charge in [-0.25, -0.2) is 0 Å². The van der Waals surface area contributed by atoms with Gasteiger partial charge in [0, 0.05) is 24.7 Å². The van der Waals surface area contributed by atoms with Gasteiger partial charge in [0.1, 0.15) is 0 Å². The molecule has 0 saturated carbocycles.